The summed E-state index contributed by atoms with van der Waals surface area (Å²) in [5, 5.41) is 16.0. The first kappa shape index (κ1) is 12.4. The molecule has 0 saturated heterocycles. The van der Waals surface area contributed by atoms with E-state index in [2.05, 4.69) is 14.9 Å². The van der Waals surface area contributed by atoms with Crippen LogP contribution < -0.4 is 5.32 Å². The van der Waals surface area contributed by atoms with Gasteiger partial charge in [0.05, 0.1) is 11.8 Å². The van der Waals surface area contributed by atoms with Gasteiger partial charge in [-0.1, -0.05) is 18.3 Å². The second-order valence-corrected chi connectivity index (χ2v) is 5.60. The van der Waals surface area contributed by atoms with Crippen molar-refractivity contribution < 1.29 is 9.90 Å². The zero-order valence-corrected chi connectivity index (χ0v) is 10.8. The molecular formula is C11H17N3O2S. The van der Waals surface area contributed by atoms with Crippen molar-refractivity contribution in [3.05, 3.63) is 10.6 Å². The minimum absolute atomic E-state index is 0.0925. The highest BCUT2D eigenvalue weighted by Crippen LogP contribution is 2.26. The van der Waals surface area contributed by atoms with Gasteiger partial charge in [-0.05, 0) is 36.2 Å². The Labute approximate surface area is 104 Å². The average Bonchev–Trinajstić information content (AvgIpc) is 2.71. The van der Waals surface area contributed by atoms with Crippen molar-refractivity contribution in [2.45, 2.75) is 38.7 Å². The van der Waals surface area contributed by atoms with Gasteiger partial charge in [-0.3, -0.25) is 4.79 Å². The first-order chi connectivity index (χ1) is 8.08. The van der Waals surface area contributed by atoms with Gasteiger partial charge < -0.3 is 10.4 Å². The van der Waals surface area contributed by atoms with Crippen LogP contribution in [0.25, 0.3) is 0 Å². The van der Waals surface area contributed by atoms with Crippen molar-refractivity contribution in [2.24, 2.45) is 5.92 Å². The summed E-state index contributed by atoms with van der Waals surface area (Å²) < 4.78 is 3.83. The number of aliphatic hydroxyl groups is 1. The molecule has 1 heterocycles. The fraction of sp³-hybridized carbons (Fsp3) is 0.727. The van der Waals surface area contributed by atoms with Crippen LogP contribution in [-0.2, 0) is 0 Å². The molecule has 1 aromatic rings. The summed E-state index contributed by atoms with van der Waals surface area (Å²) in [4.78, 5) is 12.5. The number of rotatable bonds is 4. The Morgan fingerprint density at radius 2 is 2.29 bits per heavy atom. The lowest BCUT2D eigenvalue weighted by Crippen LogP contribution is -2.38. The zero-order valence-electron chi connectivity index (χ0n) is 10.0. The van der Waals surface area contributed by atoms with Gasteiger partial charge in [0.15, 0.2) is 0 Å². The Kier molecular flexibility index (Phi) is 3.73. The molecule has 0 bridgehead atoms. The quantitative estimate of drug-likeness (QED) is 0.846. The first-order valence-electron chi connectivity index (χ1n) is 5.86. The number of nitrogens with one attached hydrogen (secondary N) is 1. The van der Waals surface area contributed by atoms with Crippen LogP contribution in [0.15, 0.2) is 0 Å². The molecule has 0 radical (unpaired) electrons. The summed E-state index contributed by atoms with van der Waals surface area (Å²) in [6.45, 7) is 4.62. The second-order valence-electron chi connectivity index (χ2n) is 4.84. The van der Waals surface area contributed by atoms with E-state index in [9.17, 15) is 4.79 Å². The lowest BCUT2D eigenvalue weighted by molar-refractivity contribution is 0.0420. The minimum atomic E-state index is -0.173. The lowest BCUT2D eigenvalue weighted by atomic mass is 9.82. The van der Waals surface area contributed by atoms with Crippen molar-refractivity contribution in [1.29, 1.82) is 0 Å². The van der Waals surface area contributed by atoms with Gasteiger partial charge in [-0.15, -0.1) is 5.10 Å². The molecule has 1 amide bonds. The lowest BCUT2D eigenvalue weighted by Gasteiger charge is -2.31. The Bertz CT molecular complexity index is 399. The summed E-state index contributed by atoms with van der Waals surface area (Å²) in [6, 6.07) is 0. The van der Waals surface area contributed by atoms with Gasteiger partial charge in [0, 0.05) is 6.54 Å². The molecule has 0 spiro atoms. The maximum absolute atomic E-state index is 11.9. The van der Waals surface area contributed by atoms with Gasteiger partial charge in [0.1, 0.15) is 4.88 Å². The van der Waals surface area contributed by atoms with Gasteiger partial charge in [0.2, 0.25) is 0 Å². The van der Waals surface area contributed by atoms with E-state index in [4.69, 9.17) is 5.11 Å². The number of hydrogen-bond donors (Lipinski definition) is 2. The Morgan fingerprint density at radius 3 is 2.88 bits per heavy atom. The highest BCUT2D eigenvalue weighted by atomic mass is 32.1. The van der Waals surface area contributed by atoms with E-state index < -0.39 is 0 Å². The van der Waals surface area contributed by atoms with E-state index in [-0.39, 0.29) is 17.9 Å². The highest BCUT2D eigenvalue weighted by molar-refractivity contribution is 7.08. The zero-order chi connectivity index (χ0) is 12.4. The molecule has 1 fully saturated rings. The molecule has 2 N–H and O–H groups in total. The predicted octanol–water partition coefficient (Wildman–Crippen LogP) is 1.16. The van der Waals surface area contributed by atoms with E-state index in [1.807, 2.05) is 13.8 Å². The van der Waals surface area contributed by atoms with Crippen LogP contribution in [0.1, 0.15) is 48.0 Å². The third kappa shape index (κ3) is 2.81. The maximum atomic E-state index is 11.9. The van der Waals surface area contributed by atoms with Crippen molar-refractivity contribution in [3.8, 4) is 0 Å². The Hall–Kier alpha value is -1.01. The summed E-state index contributed by atoms with van der Waals surface area (Å²) in [7, 11) is 0. The number of carbonyl (C=O) groups excluding carboxylic acids is 1. The molecule has 1 saturated carbocycles. The fourth-order valence-electron chi connectivity index (χ4n) is 1.92. The van der Waals surface area contributed by atoms with Crippen LogP contribution in [0.4, 0.5) is 0 Å². The molecule has 94 valence electrons. The second kappa shape index (κ2) is 5.10. The predicted molar refractivity (Wildman–Crippen MR) is 65.1 cm³/mol. The molecule has 5 nitrogen and oxygen atoms in total. The number of aromatic nitrogens is 2. The van der Waals surface area contributed by atoms with Crippen molar-refractivity contribution in [1.82, 2.24) is 14.9 Å². The van der Waals surface area contributed by atoms with Crippen LogP contribution in [0.2, 0.25) is 0 Å². The molecular weight excluding hydrogens is 238 g/mol. The van der Waals surface area contributed by atoms with Crippen LogP contribution >= 0.6 is 11.5 Å². The molecule has 1 aliphatic rings. The smallest absolute Gasteiger partial charge is 0.264 e. The number of amides is 1. The molecule has 2 rings (SSSR count). The van der Waals surface area contributed by atoms with E-state index in [0.717, 1.165) is 30.1 Å². The molecule has 1 aliphatic carbocycles. The third-order valence-corrected chi connectivity index (χ3v) is 3.77. The van der Waals surface area contributed by atoms with Crippen LogP contribution in [0.3, 0.4) is 0 Å². The maximum Gasteiger partial charge on any atom is 0.264 e. The number of nitrogens with zero attached hydrogens (tertiary/aromatic N) is 2. The summed E-state index contributed by atoms with van der Waals surface area (Å²) in [5.41, 5.74) is 0.765. The molecule has 0 aliphatic heterocycles. The molecule has 0 unspecified atom stereocenters. The fourth-order valence-corrected chi connectivity index (χ4v) is 2.65. The molecule has 17 heavy (non-hydrogen) atoms. The van der Waals surface area contributed by atoms with Crippen LogP contribution in [0.5, 0.6) is 0 Å². The topological polar surface area (TPSA) is 75.1 Å². The first-order valence-corrected chi connectivity index (χ1v) is 6.63. The Balaban J connectivity index is 1.88. The normalized spacial score (nSPS) is 23.5. The summed E-state index contributed by atoms with van der Waals surface area (Å²) in [5.74, 6) is 0.530. The van der Waals surface area contributed by atoms with Gasteiger partial charge >= 0.3 is 0 Å². The number of hydrogen-bond acceptors (Lipinski definition) is 5. The van der Waals surface area contributed by atoms with Gasteiger partial charge in [-0.2, -0.15) is 0 Å². The van der Waals surface area contributed by atoms with Gasteiger partial charge in [0.25, 0.3) is 5.91 Å². The summed E-state index contributed by atoms with van der Waals surface area (Å²) in [6.07, 6.45) is 1.41. The SMILES string of the molecule is CC(C)c1nnsc1C(=O)NCC1CC(O)C1. The largest absolute Gasteiger partial charge is 0.393 e. The molecule has 0 aromatic carbocycles. The average molecular weight is 255 g/mol. The molecule has 0 atom stereocenters. The number of aliphatic hydroxyl groups excluding tert-OH is 1. The highest BCUT2D eigenvalue weighted by Gasteiger charge is 2.28. The number of carbonyl (C=O) groups is 1. The summed E-state index contributed by atoms with van der Waals surface area (Å²) >= 11 is 1.14. The third-order valence-electron chi connectivity index (χ3n) is 3.03. The van der Waals surface area contributed by atoms with E-state index in [0.29, 0.717) is 17.3 Å². The molecule has 6 heteroatoms. The molecule has 1 aromatic heterocycles. The van der Waals surface area contributed by atoms with Crippen LogP contribution in [0, 0.1) is 5.92 Å². The van der Waals surface area contributed by atoms with Crippen LogP contribution in [-0.4, -0.2) is 33.2 Å². The van der Waals surface area contributed by atoms with E-state index >= 15 is 0 Å². The van der Waals surface area contributed by atoms with Crippen molar-refractivity contribution in [2.75, 3.05) is 6.54 Å². The Morgan fingerprint density at radius 1 is 1.59 bits per heavy atom. The van der Waals surface area contributed by atoms with E-state index in [1.54, 1.807) is 0 Å². The van der Waals surface area contributed by atoms with Crippen molar-refractivity contribution in [3.63, 3.8) is 0 Å². The minimum Gasteiger partial charge on any atom is -0.393 e. The van der Waals surface area contributed by atoms with E-state index in [1.165, 1.54) is 0 Å². The monoisotopic (exact) mass is 255 g/mol. The van der Waals surface area contributed by atoms with Gasteiger partial charge in [-0.25, -0.2) is 0 Å². The van der Waals surface area contributed by atoms with Crippen molar-refractivity contribution >= 4 is 17.4 Å². The standard InChI is InChI=1S/C11H17N3O2S/c1-6(2)9-10(17-14-13-9)11(16)12-5-7-3-8(15)4-7/h6-8,15H,3-5H2,1-2H3,(H,12,16).